The van der Waals surface area contributed by atoms with Crippen LogP contribution in [0.4, 0.5) is 9.52 Å². The third-order valence-electron chi connectivity index (χ3n) is 3.55. The maximum absolute atomic E-state index is 14.0. The number of ether oxygens (including phenoxy) is 1. The van der Waals surface area contributed by atoms with Crippen LogP contribution in [-0.2, 0) is 4.74 Å². The molecule has 0 amide bonds. The average molecular weight is 401 g/mol. The van der Waals surface area contributed by atoms with Crippen molar-refractivity contribution in [2.24, 2.45) is 0 Å². The van der Waals surface area contributed by atoms with Crippen molar-refractivity contribution in [3.05, 3.63) is 28.5 Å². The normalized spacial score (nSPS) is 18.7. The molecule has 1 fully saturated rings. The molecule has 1 aromatic heterocycles. The summed E-state index contributed by atoms with van der Waals surface area (Å²) in [6.45, 7) is 3.08. The molecule has 2 aromatic rings. The minimum Gasteiger partial charge on any atom is -0.373 e. The van der Waals surface area contributed by atoms with Crippen LogP contribution in [0.25, 0.3) is 10.6 Å². The molecule has 1 atom stereocenters. The van der Waals surface area contributed by atoms with Crippen molar-refractivity contribution >= 4 is 32.4 Å². The van der Waals surface area contributed by atoms with Crippen molar-refractivity contribution < 1.29 is 9.13 Å². The van der Waals surface area contributed by atoms with Gasteiger partial charge in [0.05, 0.1) is 12.7 Å². The number of anilines is 1. The smallest absolute Gasteiger partial charge is 0.208 e. The van der Waals surface area contributed by atoms with Crippen molar-refractivity contribution in [2.45, 2.75) is 6.10 Å². The fourth-order valence-electron chi connectivity index (χ4n) is 2.52. The molecule has 5 nitrogen and oxygen atoms in total. The Labute approximate surface area is 147 Å². The lowest BCUT2D eigenvalue weighted by atomic mass is 10.2. The Hall–Kier alpha value is -1.09. The Bertz CT molecular complexity index is 681. The molecule has 1 saturated heterocycles. The summed E-state index contributed by atoms with van der Waals surface area (Å²) in [5.41, 5.74) is 0.473. The van der Waals surface area contributed by atoms with E-state index >= 15 is 0 Å². The van der Waals surface area contributed by atoms with E-state index < -0.39 is 0 Å². The monoisotopic (exact) mass is 400 g/mol. The summed E-state index contributed by atoms with van der Waals surface area (Å²) < 4.78 is 20.6. The van der Waals surface area contributed by atoms with Crippen LogP contribution in [0.3, 0.4) is 0 Å². The first-order valence-electron chi connectivity index (χ1n) is 7.33. The largest absolute Gasteiger partial charge is 0.373 e. The molecular weight excluding hydrogens is 383 g/mol. The number of likely N-dealkylation sites (N-methyl/N-ethyl adjacent to an activating group) is 1. The number of aromatic nitrogens is 2. The van der Waals surface area contributed by atoms with E-state index in [4.69, 9.17) is 4.74 Å². The standard InChI is InChI=1S/C15H18BrFN4OS/c1-20(2)8-11-9-21(5-6-22-11)15-19-18-14(23-15)12-7-10(16)3-4-13(12)17/h3-4,7,11H,5-6,8-9H2,1-2H3. The van der Waals surface area contributed by atoms with Crippen LogP contribution in [0.2, 0.25) is 0 Å². The predicted molar refractivity (Wildman–Crippen MR) is 93.5 cm³/mol. The highest BCUT2D eigenvalue weighted by molar-refractivity contribution is 9.10. The third kappa shape index (κ3) is 4.06. The van der Waals surface area contributed by atoms with Gasteiger partial charge in [0, 0.05) is 29.7 Å². The van der Waals surface area contributed by atoms with Crippen molar-refractivity contribution in [3.63, 3.8) is 0 Å². The van der Waals surface area contributed by atoms with Crippen LogP contribution < -0.4 is 4.90 Å². The molecule has 0 spiro atoms. The number of morpholine rings is 1. The first-order chi connectivity index (χ1) is 11.0. The number of halogens is 2. The number of hydrogen-bond acceptors (Lipinski definition) is 6. The van der Waals surface area contributed by atoms with Crippen LogP contribution in [0.1, 0.15) is 0 Å². The van der Waals surface area contributed by atoms with Crippen molar-refractivity contribution in [1.82, 2.24) is 15.1 Å². The fraction of sp³-hybridized carbons (Fsp3) is 0.467. The van der Waals surface area contributed by atoms with E-state index in [1.54, 1.807) is 12.1 Å². The molecule has 124 valence electrons. The van der Waals surface area contributed by atoms with Gasteiger partial charge in [0.15, 0.2) is 5.01 Å². The molecule has 0 saturated carbocycles. The van der Waals surface area contributed by atoms with Crippen LogP contribution in [0.5, 0.6) is 0 Å². The average Bonchev–Trinajstić information content (AvgIpc) is 2.99. The van der Waals surface area contributed by atoms with E-state index in [1.807, 2.05) is 14.1 Å². The zero-order chi connectivity index (χ0) is 16.4. The van der Waals surface area contributed by atoms with Gasteiger partial charge in [-0.05, 0) is 32.3 Å². The number of hydrogen-bond donors (Lipinski definition) is 0. The van der Waals surface area contributed by atoms with Gasteiger partial charge in [0.25, 0.3) is 0 Å². The van der Waals surface area contributed by atoms with Crippen LogP contribution in [-0.4, -0.2) is 61.5 Å². The van der Waals surface area contributed by atoms with Gasteiger partial charge in [-0.1, -0.05) is 27.3 Å². The maximum Gasteiger partial charge on any atom is 0.208 e. The van der Waals surface area contributed by atoms with Crippen LogP contribution in [0.15, 0.2) is 22.7 Å². The number of rotatable bonds is 4. The minimum atomic E-state index is -0.289. The topological polar surface area (TPSA) is 41.5 Å². The van der Waals surface area contributed by atoms with Gasteiger partial charge in [-0.25, -0.2) is 4.39 Å². The summed E-state index contributed by atoms with van der Waals surface area (Å²) >= 11 is 4.78. The zero-order valence-electron chi connectivity index (χ0n) is 13.0. The molecule has 0 N–H and O–H groups in total. The Morgan fingerprint density at radius 3 is 3.04 bits per heavy atom. The summed E-state index contributed by atoms with van der Waals surface area (Å²) in [6.07, 6.45) is 0.147. The second kappa shape index (κ2) is 7.21. The lowest BCUT2D eigenvalue weighted by Crippen LogP contribution is -2.46. The highest BCUT2D eigenvalue weighted by Gasteiger charge is 2.24. The van der Waals surface area contributed by atoms with E-state index in [1.165, 1.54) is 17.4 Å². The Morgan fingerprint density at radius 2 is 2.26 bits per heavy atom. The first kappa shape index (κ1) is 16.8. The summed E-state index contributed by atoms with van der Waals surface area (Å²) in [4.78, 5) is 4.27. The Morgan fingerprint density at radius 1 is 1.43 bits per heavy atom. The third-order valence-corrected chi connectivity index (χ3v) is 5.06. The number of nitrogens with zero attached hydrogens (tertiary/aromatic N) is 4. The van der Waals surface area contributed by atoms with Gasteiger partial charge >= 0.3 is 0 Å². The van der Waals surface area contributed by atoms with Gasteiger partial charge in [-0.3, -0.25) is 0 Å². The lowest BCUT2D eigenvalue weighted by Gasteiger charge is -2.33. The van der Waals surface area contributed by atoms with Gasteiger partial charge in [-0.2, -0.15) is 0 Å². The Balaban J connectivity index is 1.77. The minimum absolute atomic E-state index is 0.147. The molecule has 3 rings (SSSR count). The van der Waals surface area contributed by atoms with E-state index in [-0.39, 0.29) is 11.9 Å². The summed E-state index contributed by atoms with van der Waals surface area (Å²) in [5, 5.41) is 9.81. The molecule has 8 heteroatoms. The molecule has 2 heterocycles. The molecule has 1 aliphatic rings. The molecule has 1 aromatic carbocycles. The fourth-order valence-corrected chi connectivity index (χ4v) is 3.78. The molecule has 0 aliphatic carbocycles. The first-order valence-corrected chi connectivity index (χ1v) is 8.94. The molecule has 0 bridgehead atoms. The maximum atomic E-state index is 14.0. The molecular formula is C15H18BrFN4OS. The van der Waals surface area contributed by atoms with Gasteiger partial charge in [0.1, 0.15) is 5.82 Å². The summed E-state index contributed by atoms with van der Waals surface area (Å²) in [5.74, 6) is -0.289. The summed E-state index contributed by atoms with van der Waals surface area (Å²) in [6, 6.07) is 4.84. The quantitative estimate of drug-likeness (QED) is 0.788. The van der Waals surface area contributed by atoms with Crippen LogP contribution in [0, 0.1) is 5.82 Å². The van der Waals surface area contributed by atoms with Gasteiger partial charge in [-0.15, -0.1) is 10.2 Å². The zero-order valence-corrected chi connectivity index (χ0v) is 15.4. The second-order valence-corrected chi connectivity index (χ2v) is 7.59. The lowest BCUT2D eigenvalue weighted by molar-refractivity contribution is 0.0247. The summed E-state index contributed by atoms with van der Waals surface area (Å²) in [7, 11) is 4.06. The molecule has 1 unspecified atom stereocenters. The molecule has 23 heavy (non-hydrogen) atoms. The van der Waals surface area contributed by atoms with E-state index in [9.17, 15) is 4.39 Å². The van der Waals surface area contributed by atoms with Crippen molar-refractivity contribution in [2.75, 3.05) is 45.2 Å². The predicted octanol–water partition coefficient (Wildman–Crippen LogP) is 2.87. The van der Waals surface area contributed by atoms with Gasteiger partial charge in [0.2, 0.25) is 5.13 Å². The SMILES string of the molecule is CN(C)CC1CN(c2nnc(-c3cc(Br)ccc3F)s2)CCO1. The molecule has 0 radical (unpaired) electrons. The molecule has 1 aliphatic heterocycles. The second-order valence-electron chi connectivity index (χ2n) is 5.72. The Kier molecular flexibility index (Phi) is 5.25. The van der Waals surface area contributed by atoms with E-state index in [0.717, 1.165) is 29.2 Å². The van der Waals surface area contributed by atoms with Gasteiger partial charge < -0.3 is 14.5 Å². The van der Waals surface area contributed by atoms with Crippen molar-refractivity contribution in [1.29, 1.82) is 0 Å². The number of benzene rings is 1. The highest BCUT2D eigenvalue weighted by atomic mass is 79.9. The highest BCUT2D eigenvalue weighted by Crippen LogP contribution is 2.32. The van der Waals surface area contributed by atoms with E-state index in [2.05, 4.69) is 35.9 Å². The van der Waals surface area contributed by atoms with E-state index in [0.29, 0.717) is 17.2 Å². The van der Waals surface area contributed by atoms with Crippen molar-refractivity contribution in [3.8, 4) is 10.6 Å². The van der Waals surface area contributed by atoms with Crippen LogP contribution >= 0.6 is 27.3 Å².